The van der Waals surface area contributed by atoms with Gasteiger partial charge in [0, 0.05) is 30.7 Å². The molecule has 8 nitrogen and oxygen atoms in total. The summed E-state index contributed by atoms with van der Waals surface area (Å²) in [6, 6.07) is 9.11. The molecule has 3 rings (SSSR count). The van der Waals surface area contributed by atoms with Gasteiger partial charge in [-0.3, -0.25) is 4.79 Å². The zero-order valence-electron chi connectivity index (χ0n) is 16.6. The molecule has 2 heterocycles. The second-order valence-corrected chi connectivity index (χ2v) is 7.15. The van der Waals surface area contributed by atoms with Gasteiger partial charge in [-0.25, -0.2) is 4.99 Å². The van der Waals surface area contributed by atoms with Crippen molar-refractivity contribution in [1.29, 1.82) is 0 Å². The number of amides is 1. The summed E-state index contributed by atoms with van der Waals surface area (Å²) in [4.78, 5) is 17.9. The molecule has 1 fully saturated rings. The van der Waals surface area contributed by atoms with Crippen LogP contribution in [0.1, 0.15) is 29.7 Å². The minimum atomic E-state index is -0.590. The lowest BCUT2D eigenvalue weighted by Crippen LogP contribution is -2.44. The first kappa shape index (κ1) is 20.9. The number of nitrogens with zero attached hydrogens (tertiary/aromatic N) is 2. The number of nitrogens with one attached hydrogen (secondary N) is 2. The molecular weight excluding hydrogens is 394 g/mol. The van der Waals surface area contributed by atoms with Crippen LogP contribution >= 0.6 is 11.6 Å². The number of ether oxygens (including phenoxy) is 1. The molecule has 156 valence electrons. The average molecular weight is 420 g/mol. The number of rotatable bonds is 7. The summed E-state index contributed by atoms with van der Waals surface area (Å²) in [5.41, 5.74) is 6.20. The molecule has 1 atom stereocenters. The van der Waals surface area contributed by atoms with Gasteiger partial charge in [-0.2, -0.15) is 0 Å². The average Bonchev–Trinajstić information content (AvgIpc) is 3.36. The summed E-state index contributed by atoms with van der Waals surface area (Å²) in [6.07, 6.45) is 0.951. The summed E-state index contributed by atoms with van der Waals surface area (Å²) in [5.74, 6) is 1.61. The maximum Gasteiger partial charge on any atom is 0.284 e. The molecule has 0 aliphatic carbocycles. The first-order valence-electron chi connectivity index (χ1n) is 9.52. The molecular formula is C20H26ClN5O3. The standard InChI is InChI=1S/C20H26ClN5O3/c1-3-23-20(24-11-15-5-7-18(29-15)19(22)27)25-14-8-9-26(12-14)16-10-13(21)4-6-17(16)28-2/h4-7,10,14H,3,8-9,11-12H2,1-2H3,(H2,22,27)(H2,23,24,25). The Morgan fingerprint density at radius 3 is 2.93 bits per heavy atom. The maximum absolute atomic E-state index is 11.1. The number of primary amides is 1. The Balaban J connectivity index is 1.64. The highest BCUT2D eigenvalue weighted by Crippen LogP contribution is 2.33. The second-order valence-electron chi connectivity index (χ2n) is 6.72. The Morgan fingerprint density at radius 2 is 2.24 bits per heavy atom. The highest BCUT2D eigenvalue weighted by atomic mass is 35.5. The van der Waals surface area contributed by atoms with Crippen molar-refractivity contribution >= 4 is 29.2 Å². The third-order valence-electron chi connectivity index (χ3n) is 4.65. The Morgan fingerprint density at radius 1 is 1.41 bits per heavy atom. The van der Waals surface area contributed by atoms with E-state index < -0.39 is 5.91 Å². The van der Waals surface area contributed by atoms with E-state index in [4.69, 9.17) is 26.5 Å². The number of benzene rings is 1. The largest absolute Gasteiger partial charge is 0.495 e. The summed E-state index contributed by atoms with van der Waals surface area (Å²) in [5, 5.41) is 7.38. The number of furan rings is 1. The number of aliphatic imine (C=N–C) groups is 1. The lowest BCUT2D eigenvalue weighted by molar-refractivity contribution is 0.0972. The van der Waals surface area contributed by atoms with Crippen LogP contribution in [0.4, 0.5) is 5.69 Å². The fraction of sp³-hybridized carbons (Fsp3) is 0.400. The van der Waals surface area contributed by atoms with Gasteiger partial charge < -0.3 is 30.4 Å². The number of guanidine groups is 1. The quantitative estimate of drug-likeness (QED) is 0.470. The van der Waals surface area contributed by atoms with Crippen LogP contribution in [-0.4, -0.2) is 44.7 Å². The van der Waals surface area contributed by atoms with Crippen molar-refractivity contribution in [3.05, 3.63) is 46.9 Å². The number of hydrogen-bond acceptors (Lipinski definition) is 5. The van der Waals surface area contributed by atoms with Crippen molar-refractivity contribution < 1.29 is 13.9 Å². The van der Waals surface area contributed by atoms with E-state index in [9.17, 15) is 4.79 Å². The molecule has 0 saturated carbocycles. The number of halogens is 1. The van der Waals surface area contributed by atoms with Crippen molar-refractivity contribution in [2.45, 2.75) is 25.9 Å². The molecule has 1 unspecified atom stereocenters. The summed E-state index contributed by atoms with van der Waals surface area (Å²) in [7, 11) is 1.66. The van der Waals surface area contributed by atoms with E-state index in [0.717, 1.165) is 37.5 Å². The van der Waals surface area contributed by atoms with Crippen LogP contribution in [0.3, 0.4) is 0 Å². The highest BCUT2D eigenvalue weighted by molar-refractivity contribution is 6.30. The fourth-order valence-electron chi connectivity index (χ4n) is 3.27. The van der Waals surface area contributed by atoms with Gasteiger partial charge in [0.15, 0.2) is 11.7 Å². The smallest absolute Gasteiger partial charge is 0.284 e. The topological polar surface area (TPSA) is 105 Å². The zero-order valence-corrected chi connectivity index (χ0v) is 17.3. The Labute approximate surface area is 175 Å². The fourth-order valence-corrected chi connectivity index (χ4v) is 3.44. The van der Waals surface area contributed by atoms with Gasteiger partial charge in [0.05, 0.1) is 12.8 Å². The van der Waals surface area contributed by atoms with E-state index in [-0.39, 0.29) is 11.8 Å². The molecule has 2 aromatic rings. The van der Waals surface area contributed by atoms with Gasteiger partial charge in [0.2, 0.25) is 0 Å². The van der Waals surface area contributed by atoms with E-state index in [2.05, 4.69) is 20.5 Å². The first-order valence-corrected chi connectivity index (χ1v) is 9.89. The van der Waals surface area contributed by atoms with Crippen LogP contribution in [0, 0.1) is 0 Å². The summed E-state index contributed by atoms with van der Waals surface area (Å²) < 4.78 is 10.9. The predicted octanol–water partition coefficient (Wildman–Crippen LogP) is 2.37. The van der Waals surface area contributed by atoms with Crippen LogP contribution < -0.4 is 26.0 Å². The molecule has 0 bridgehead atoms. The van der Waals surface area contributed by atoms with E-state index in [0.29, 0.717) is 23.3 Å². The molecule has 0 spiro atoms. The first-order chi connectivity index (χ1) is 14.0. The van der Waals surface area contributed by atoms with Crippen molar-refractivity contribution in [3.8, 4) is 5.75 Å². The van der Waals surface area contributed by atoms with E-state index in [1.54, 1.807) is 19.2 Å². The van der Waals surface area contributed by atoms with Crippen molar-refractivity contribution in [2.75, 3.05) is 31.6 Å². The molecule has 4 N–H and O–H groups in total. The Bertz CT molecular complexity index is 883. The Hall–Kier alpha value is -2.87. The predicted molar refractivity (Wildman–Crippen MR) is 114 cm³/mol. The Kier molecular flexibility index (Phi) is 6.87. The zero-order chi connectivity index (χ0) is 20.8. The van der Waals surface area contributed by atoms with Gasteiger partial charge in [-0.1, -0.05) is 11.6 Å². The molecule has 9 heteroatoms. The van der Waals surface area contributed by atoms with Crippen LogP contribution in [0.25, 0.3) is 0 Å². The van der Waals surface area contributed by atoms with Crippen LogP contribution in [-0.2, 0) is 6.54 Å². The van der Waals surface area contributed by atoms with Crippen molar-refractivity contribution in [1.82, 2.24) is 10.6 Å². The third-order valence-corrected chi connectivity index (χ3v) is 4.89. The monoisotopic (exact) mass is 419 g/mol. The van der Waals surface area contributed by atoms with Gasteiger partial charge in [0.1, 0.15) is 18.1 Å². The maximum atomic E-state index is 11.1. The normalized spacial score (nSPS) is 16.7. The summed E-state index contributed by atoms with van der Waals surface area (Å²) in [6.45, 7) is 4.73. The van der Waals surface area contributed by atoms with Gasteiger partial charge in [-0.15, -0.1) is 0 Å². The minimum absolute atomic E-state index is 0.134. The number of carbonyl (C=O) groups excluding carboxylic acids is 1. The second kappa shape index (κ2) is 9.56. The lowest BCUT2D eigenvalue weighted by atomic mass is 10.2. The van der Waals surface area contributed by atoms with E-state index in [1.807, 2.05) is 25.1 Å². The molecule has 1 saturated heterocycles. The lowest BCUT2D eigenvalue weighted by Gasteiger charge is -2.22. The molecule has 0 radical (unpaired) electrons. The molecule has 1 aliphatic rings. The number of anilines is 1. The number of hydrogen-bond donors (Lipinski definition) is 3. The van der Waals surface area contributed by atoms with Gasteiger partial charge in [0.25, 0.3) is 5.91 Å². The van der Waals surface area contributed by atoms with Crippen LogP contribution in [0.5, 0.6) is 5.75 Å². The molecule has 1 aromatic heterocycles. The van der Waals surface area contributed by atoms with Gasteiger partial charge >= 0.3 is 0 Å². The minimum Gasteiger partial charge on any atom is -0.495 e. The van der Waals surface area contributed by atoms with Crippen LogP contribution in [0.2, 0.25) is 5.02 Å². The van der Waals surface area contributed by atoms with E-state index >= 15 is 0 Å². The van der Waals surface area contributed by atoms with E-state index in [1.165, 1.54) is 0 Å². The number of methoxy groups -OCH3 is 1. The molecule has 1 aromatic carbocycles. The van der Waals surface area contributed by atoms with Crippen molar-refractivity contribution in [2.24, 2.45) is 10.7 Å². The molecule has 1 aliphatic heterocycles. The number of nitrogens with two attached hydrogens (primary N) is 1. The number of carbonyl (C=O) groups is 1. The van der Waals surface area contributed by atoms with Crippen LogP contribution in [0.15, 0.2) is 39.7 Å². The SMILES string of the molecule is CCNC(=NCc1ccc(C(N)=O)o1)NC1CCN(c2cc(Cl)ccc2OC)C1. The van der Waals surface area contributed by atoms with Gasteiger partial charge in [-0.05, 0) is 43.7 Å². The molecule has 1 amide bonds. The summed E-state index contributed by atoms with van der Waals surface area (Å²) >= 11 is 6.17. The third kappa shape index (κ3) is 5.35. The van der Waals surface area contributed by atoms with Crippen molar-refractivity contribution in [3.63, 3.8) is 0 Å². The molecule has 29 heavy (non-hydrogen) atoms. The highest BCUT2D eigenvalue weighted by Gasteiger charge is 2.25.